The highest BCUT2D eigenvalue weighted by atomic mass is 16.6. The van der Waals surface area contributed by atoms with Gasteiger partial charge in [0, 0.05) is 19.1 Å². The van der Waals surface area contributed by atoms with Crippen LogP contribution in [0, 0.1) is 0 Å². The van der Waals surface area contributed by atoms with Gasteiger partial charge in [0.25, 0.3) is 5.91 Å². The number of nitrogens with zero attached hydrogens (tertiary/aromatic N) is 1. The van der Waals surface area contributed by atoms with E-state index in [2.05, 4.69) is 5.32 Å². The van der Waals surface area contributed by atoms with Crippen LogP contribution in [-0.4, -0.2) is 56.2 Å². The van der Waals surface area contributed by atoms with Crippen molar-refractivity contribution in [1.82, 2.24) is 10.2 Å². The van der Waals surface area contributed by atoms with Crippen LogP contribution in [0.1, 0.15) is 25.5 Å². The Labute approximate surface area is 136 Å². The van der Waals surface area contributed by atoms with Crippen molar-refractivity contribution in [1.29, 1.82) is 0 Å². The second kappa shape index (κ2) is 8.57. The smallest absolute Gasteiger partial charge is 0.409 e. The molecule has 7 nitrogen and oxygen atoms in total. The fourth-order valence-corrected chi connectivity index (χ4v) is 2.75. The third kappa shape index (κ3) is 5.59. The molecule has 0 saturated carbocycles. The number of carbonyl (C=O) groups is 2. The second-order valence-corrected chi connectivity index (χ2v) is 5.92. The van der Waals surface area contributed by atoms with Crippen molar-refractivity contribution >= 4 is 12.0 Å². The number of furan rings is 1. The van der Waals surface area contributed by atoms with E-state index in [0.29, 0.717) is 32.8 Å². The lowest BCUT2D eigenvalue weighted by atomic mass is 10.1. The van der Waals surface area contributed by atoms with E-state index in [1.54, 1.807) is 18.1 Å². The molecule has 0 aliphatic carbocycles. The fourth-order valence-electron chi connectivity index (χ4n) is 2.75. The lowest BCUT2D eigenvalue weighted by Crippen LogP contribution is -3.09. The van der Waals surface area contributed by atoms with Crippen molar-refractivity contribution in [3.63, 3.8) is 0 Å². The number of nitrogens with one attached hydrogen (secondary N) is 2. The molecule has 1 aromatic rings. The molecule has 2 amide bonds. The lowest BCUT2D eigenvalue weighted by molar-refractivity contribution is -0.886. The van der Waals surface area contributed by atoms with Gasteiger partial charge in [-0.3, -0.25) is 4.79 Å². The molecule has 1 aliphatic rings. The van der Waals surface area contributed by atoms with Gasteiger partial charge in [-0.15, -0.1) is 0 Å². The van der Waals surface area contributed by atoms with Gasteiger partial charge in [0.05, 0.1) is 19.9 Å². The zero-order chi connectivity index (χ0) is 16.7. The molecule has 0 spiro atoms. The largest absolute Gasteiger partial charge is 0.463 e. The minimum atomic E-state index is -0.264. The number of rotatable bonds is 6. The molecule has 1 atom stereocenters. The summed E-state index contributed by atoms with van der Waals surface area (Å²) < 4.78 is 10.3. The van der Waals surface area contributed by atoms with Gasteiger partial charge in [-0.05, 0) is 31.9 Å². The summed E-state index contributed by atoms with van der Waals surface area (Å²) in [6.07, 6.45) is 2.91. The summed E-state index contributed by atoms with van der Waals surface area (Å²) in [5.41, 5.74) is 0. The molecule has 0 bridgehead atoms. The highest BCUT2D eigenvalue weighted by Crippen LogP contribution is 2.11. The maximum absolute atomic E-state index is 12.1. The molecule has 0 aromatic carbocycles. The number of quaternary nitrogens is 1. The summed E-state index contributed by atoms with van der Waals surface area (Å²) in [5.74, 6) is 0.904. The lowest BCUT2D eigenvalue weighted by Gasteiger charge is -2.31. The van der Waals surface area contributed by atoms with E-state index in [0.717, 1.165) is 23.5 Å². The molecule has 1 unspecified atom stereocenters. The zero-order valence-corrected chi connectivity index (χ0v) is 13.8. The van der Waals surface area contributed by atoms with E-state index in [1.165, 1.54) is 0 Å². The maximum Gasteiger partial charge on any atom is 0.409 e. The number of ether oxygens (including phenoxy) is 1. The Morgan fingerprint density at radius 1 is 1.43 bits per heavy atom. The summed E-state index contributed by atoms with van der Waals surface area (Å²) >= 11 is 0. The van der Waals surface area contributed by atoms with Crippen LogP contribution in [0.5, 0.6) is 0 Å². The Morgan fingerprint density at radius 3 is 2.78 bits per heavy atom. The first-order valence-electron chi connectivity index (χ1n) is 8.13. The predicted molar refractivity (Wildman–Crippen MR) is 83.9 cm³/mol. The molecule has 7 heteroatoms. The number of hydrogen-bond acceptors (Lipinski definition) is 4. The first kappa shape index (κ1) is 17.3. The van der Waals surface area contributed by atoms with E-state index in [-0.39, 0.29) is 18.0 Å². The second-order valence-electron chi connectivity index (χ2n) is 5.92. The van der Waals surface area contributed by atoms with Gasteiger partial charge in [0.2, 0.25) is 0 Å². The van der Waals surface area contributed by atoms with Gasteiger partial charge in [0.15, 0.2) is 12.3 Å². The molecule has 2 N–H and O–H groups in total. The topological polar surface area (TPSA) is 76.2 Å². The van der Waals surface area contributed by atoms with Crippen molar-refractivity contribution in [2.45, 2.75) is 32.4 Å². The monoisotopic (exact) mass is 324 g/mol. The molecular weight excluding hydrogens is 298 g/mol. The molecule has 1 aromatic heterocycles. The fraction of sp³-hybridized carbons (Fsp3) is 0.625. The van der Waals surface area contributed by atoms with Crippen LogP contribution in [0.3, 0.4) is 0 Å². The highest BCUT2D eigenvalue weighted by molar-refractivity contribution is 5.77. The average molecular weight is 324 g/mol. The molecule has 0 radical (unpaired) electrons. The number of likely N-dealkylation sites (tertiary alicyclic amines) is 1. The van der Waals surface area contributed by atoms with Crippen LogP contribution in [0.4, 0.5) is 4.79 Å². The van der Waals surface area contributed by atoms with E-state index < -0.39 is 0 Å². The first-order chi connectivity index (χ1) is 11.1. The Morgan fingerprint density at radius 2 is 2.17 bits per heavy atom. The number of amides is 2. The van der Waals surface area contributed by atoms with Crippen molar-refractivity contribution in [2.75, 3.05) is 33.3 Å². The standard InChI is InChI=1S/C16H25N3O4/c1-3-22-16(21)19-8-6-13(7-9-19)17-15(20)12-18(2)11-14-5-4-10-23-14/h4-5,10,13H,3,6-9,11-12H2,1-2H3,(H,17,20)/p+1. The van der Waals surface area contributed by atoms with Gasteiger partial charge in [0.1, 0.15) is 6.54 Å². The summed E-state index contributed by atoms with van der Waals surface area (Å²) in [6.45, 7) is 4.52. The van der Waals surface area contributed by atoms with E-state index in [9.17, 15) is 9.59 Å². The molecule has 23 heavy (non-hydrogen) atoms. The van der Waals surface area contributed by atoms with Gasteiger partial charge < -0.3 is 24.3 Å². The van der Waals surface area contributed by atoms with Crippen LogP contribution in [-0.2, 0) is 16.1 Å². The molecule has 2 heterocycles. The molecular formula is C16H26N3O4+. The Kier molecular flexibility index (Phi) is 6.46. The maximum atomic E-state index is 12.1. The average Bonchev–Trinajstić information content (AvgIpc) is 3.00. The van der Waals surface area contributed by atoms with Crippen LogP contribution >= 0.6 is 0 Å². The number of piperidine rings is 1. The Bertz CT molecular complexity index is 495. The first-order valence-corrected chi connectivity index (χ1v) is 8.13. The van der Waals surface area contributed by atoms with Crippen molar-refractivity contribution in [3.05, 3.63) is 24.2 Å². The van der Waals surface area contributed by atoms with E-state index in [1.807, 2.05) is 19.2 Å². The summed E-state index contributed by atoms with van der Waals surface area (Å²) in [5, 5.41) is 3.05. The summed E-state index contributed by atoms with van der Waals surface area (Å²) in [4.78, 5) is 26.5. The minimum absolute atomic E-state index is 0.0311. The Balaban J connectivity index is 1.67. The number of likely N-dealkylation sites (N-methyl/N-ethyl adjacent to an activating group) is 1. The van der Waals surface area contributed by atoms with Crippen molar-refractivity contribution in [2.24, 2.45) is 0 Å². The van der Waals surface area contributed by atoms with Crippen LogP contribution in [0.15, 0.2) is 22.8 Å². The van der Waals surface area contributed by atoms with Crippen LogP contribution in [0.2, 0.25) is 0 Å². The number of carbonyl (C=O) groups excluding carboxylic acids is 2. The highest BCUT2D eigenvalue weighted by Gasteiger charge is 2.25. The van der Waals surface area contributed by atoms with Crippen molar-refractivity contribution < 1.29 is 23.6 Å². The SMILES string of the molecule is CCOC(=O)N1CCC(NC(=O)C[NH+](C)Cc2ccco2)CC1. The quantitative estimate of drug-likeness (QED) is 0.774. The summed E-state index contributed by atoms with van der Waals surface area (Å²) in [7, 11) is 1.96. The van der Waals surface area contributed by atoms with Gasteiger partial charge in [-0.1, -0.05) is 0 Å². The van der Waals surface area contributed by atoms with Gasteiger partial charge in [-0.2, -0.15) is 0 Å². The molecule has 1 fully saturated rings. The van der Waals surface area contributed by atoms with E-state index >= 15 is 0 Å². The van der Waals surface area contributed by atoms with Crippen molar-refractivity contribution in [3.8, 4) is 0 Å². The third-order valence-corrected chi connectivity index (χ3v) is 3.90. The predicted octanol–water partition coefficient (Wildman–Crippen LogP) is 0.0314. The molecule has 1 saturated heterocycles. The Hall–Kier alpha value is -2.02. The summed E-state index contributed by atoms with van der Waals surface area (Å²) in [6, 6.07) is 3.89. The normalized spacial score (nSPS) is 16.9. The zero-order valence-electron chi connectivity index (χ0n) is 13.8. The minimum Gasteiger partial charge on any atom is -0.463 e. The van der Waals surface area contributed by atoms with Crippen LogP contribution in [0.25, 0.3) is 0 Å². The van der Waals surface area contributed by atoms with Gasteiger partial charge >= 0.3 is 6.09 Å². The molecule has 1 aliphatic heterocycles. The molecule has 2 rings (SSSR count). The number of hydrogen-bond donors (Lipinski definition) is 2. The molecule has 128 valence electrons. The van der Waals surface area contributed by atoms with Crippen LogP contribution < -0.4 is 10.2 Å². The van der Waals surface area contributed by atoms with Gasteiger partial charge in [-0.25, -0.2) is 4.79 Å². The third-order valence-electron chi connectivity index (χ3n) is 3.90. The van der Waals surface area contributed by atoms with E-state index in [4.69, 9.17) is 9.15 Å².